The molecule has 0 atom stereocenters. The minimum Gasteiger partial charge on any atom is -0.330 e. The SMILES string of the molecule is CCN(C1=CC(=O)CCC1)c1ccccn1. The van der Waals surface area contributed by atoms with Gasteiger partial charge in [0, 0.05) is 30.9 Å². The van der Waals surface area contributed by atoms with Gasteiger partial charge in [-0.05, 0) is 31.9 Å². The summed E-state index contributed by atoms with van der Waals surface area (Å²) in [6.07, 6.45) is 6.15. The Morgan fingerprint density at radius 3 is 2.88 bits per heavy atom. The quantitative estimate of drug-likeness (QED) is 0.778. The van der Waals surface area contributed by atoms with Gasteiger partial charge in [0.25, 0.3) is 0 Å². The molecule has 16 heavy (non-hydrogen) atoms. The molecule has 0 aromatic carbocycles. The van der Waals surface area contributed by atoms with Gasteiger partial charge in [0.2, 0.25) is 0 Å². The molecule has 0 amide bonds. The zero-order chi connectivity index (χ0) is 11.4. The highest BCUT2D eigenvalue weighted by Gasteiger charge is 2.16. The molecule has 1 heterocycles. The first kappa shape index (κ1) is 10.9. The molecule has 3 nitrogen and oxygen atoms in total. The van der Waals surface area contributed by atoms with Crippen molar-refractivity contribution in [3.8, 4) is 0 Å². The minimum absolute atomic E-state index is 0.232. The Hall–Kier alpha value is -1.64. The highest BCUT2D eigenvalue weighted by molar-refractivity contribution is 5.91. The van der Waals surface area contributed by atoms with Crippen LogP contribution in [0.5, 0.6) is 0 Å². The van der Waals surface area contributed by atoms with E-state index in [0.717, 1.165) is 30.9 Å². The zero-order valence-corrected chi connectivity index (χ0v) is 9.52. The van der Waals surface area contributed by atoms with Crippen molar-refractivity contribution in [3.63, 3.8) is 0 Å². The summed E-state index contributed by atoms with van der Waals surface area (Å²) < 4.78 is 0. The Bertz CT molecular complexity index is 398. The number of rotatable bonds is 3. The molecule has 1 aliphatic rings. The third kappa shape index (κ3) is 2.30. The lowest BCUT2D eigenvalue weighted by Crippen LogP contribution is -2.25. The van der Waals surface area contributed by atoms with E-state index in [1.54, 1.807) is 12.3 Å². The highest BCUT2D eigenvalue weighted by Crippen LogP contribution is 2.23. The van der Waals surface area contributed by atoms with Crippen LogP contribution in [0.1, 0.15) is 26.2 Å². The molecule has 84 valence electrons. The third-order valence-corrected chi connectivity index (χ3v) is 2.77. The summed E-state index contributed by atoms with van der Waals surface area (Å²) in [4.78, 5) is 17.8. The van der Waals surface area contributed by atoms with Gasteiger partial charge in [-0.25, -0.2) is 4.98 Å². The average molecular weight is 216 g/mol. The van der Waals surface area contributed by atoms with E-state index in [-0.39, 0.29) is 5.78 Å². The molecule has 0 saturated heterocycles. The number of allylic oxidation sites excluding steroid dienone is 2. The van der Waals surface area contributed by atoms with Crippen LogP contribution in [0.25, 0.3) is 0 Å². The molecule has 0 fully saturated rings. The van der Waals surface area contributed by atoms with Gasteiger partial charge in [-0.1, -0.05) is 6.07 Å². The van der Waals surface area contributed by atoms with Crippen molar-refractivity contribution in [1.82, 2.24) is 4.98 Å². The lowest BCUT2D eigenvalue weighted by atomic mass is 10.0. The number of hydrogen-bond acceptors (Lipinski definition) is 3. The maximum absolute atomic E-state index is 11.4. The summed E-state index contributed by atoms with van der Waals surface area (Å²) in [5.74, 6) is 1.15. The summed E-state index contributed by atoms with van der Waals surface area (Å²) >= 11 is 0. The van der Waals surface area contributed by atoms with Crippen molar-refractivity contribution < 1.29 is 4.79 Å². The summed E-state index contributed by atoms with van der Waals surface area (Å²) in [5, 5.41) is 0. The van der Waals surface area contributed by atoms with E-state index in [9.17, 15) is 4.79 Å². The van der Waals surface area contributed by atoms with E-state index >= 15 is 0 Å². The van der Waals surface area contributed by atoms with Crippen molar-refractivity contribution in [2.24, 2.45) is 0 Å². The van der Waals surface area contributed by atoms with Gasteiger partial charge in [0.05, 0.1) is 0 Å². The lowest BCUT2D eigenvalue weighted by Gasteiger charge is -2.26. The fourth-order valence-electron chi connectivity index (χ4n) is 2.01. The summed E-state index contributed by atoms with van der Waals surface area (Å²) in [6, 6.07) is 5.84. The Morgan fingerprint density at radius 1 is 1.38 bits per heavy atom. The van der Waals surface area contributed by atoms with E-state index in [0.29, 0.717) is 6.42 Å². The maximum atomic E-state index is 11.4. The molecule has 2 rings (SSSR count). The van der Waals surface area contributed by atoms with Crippen molar-refractivity contribution in [3.05, 3.63) is 36.2 Å². The monoisotopic (exact) mass is 216 g/mol. The topological polar surface area (TPSA) is 33.2 Å². The predicted octanol–water partition coefficient (Wildman–Crippen LogP) is 2.54. The summed E-state index contributed by atoms with van der Waals surface area (Å²) in [5.41, 5.74) is 1.09. The van der Waals surface area contributed by atoms with E-state index < -0.39 is 0 Å². The van der Waals surface area contributed by atoms with Crippen LogP contribution in [0, 0.1) is 0 Å². The van der Waals surface area contributed by atoms with Crippen LogP contribution >= 0.6 is 0 Å². The summed E-state index contributed by atoms with van der Waals surface area (Å²) in [7, 11) is 0. The van der Waals surface area contributed by atoms with Gasteiger partial charge in [-0.15, -0.1) is 0 Å². The number of aromatic nitrogens is 1. The highest BCUT2D eigenvalue weighted by atomic mass is 16.1. The van der Waals surface area contributed by atoms with Gasteiger partial charge >= 0.3 is 0 Å². The molecular formula is C13H16N2O. The molecule has 0 aliphatic heterocycles. The largest absolute Gasteiger partial charge is 0.330 e. The molecule has 0 saturated carbocycles. The van der Waals surface area contributed by atoms with Crippen LogP contribution in [0.4, 0.5) is 5.82 Å². The van der Waals surface area contributed by atoms with Crippen molar-refractivity contribution >= 4 is 11.6 Å². The molecule has 1 aromatic rings. The average Bonchev–Trinajstić information content (AvgIpc) is 2.31. The third-order valence-electron chi connectivity index (χ3n) is 2.77. The molecule has 0 bridgehead atoms. The van der Waals surface area contributed by atoms with Gasteiger partial charge in [-0.2, -0.15) is 0 Å². The van der Waals surface area contributed by atoms with Crippen LogP contribution in [-0.2, 0) is 4.79 Å². The fraction of sp³-hybridized carbons (Fsp3) is 0.385. The van der Waals surface area contributed by atoms with Crippen LogP contribution in [0.3, 0.4) is 0 Å². The fourth-order valence-corrected chi connectivity index (χ4v) is 2.01. The van der Waals surface area contributed by atoms with Gasteiger partial charge < -0.3 is 4.90 Å². The van der Waals surface area contributed by atoms with Crippen LogP contribution in [0.2, 0.25) is 0 Å². The lowest BCUT2D eigenvalue weighted by molar-refractivity contribution is -0.115. The molecule has 1 aromatic heterocycles. The molecule has 0 radical (unpaired) electrons. The molecule has 0 unspecified atom stereocenters. The minimum atomic E-state index is 0.232. The predicted molar refractivity (Wildman–Crippen MR) is 64.2 cm³/mol. The number of nitrogens with zero attached hydrogens (tertiary/aromatic N) is 2. The van der Waals surface area contributed by atoms with Gasteiger partial charge in [-0.3, -0.25) is 4.79 Å². The number of carbonyl (C=O) groups is 1. The number of hydrogen-bond donors (Lipinski definition) is 0. The van der Waals surface area contributed by atoms with E-state index in [2.05, 4.69) is 16.8 Å². The van der Waals surface area contributed by atoms with Crippen molar-refractivity contribution in [1.29, 1.82) is 0 Å². The maximum Gasteiger partial charge on any atom is 0.157 e. The first-order valence-corrected chi connectivity index (χ1v) is 5.73. The standard InChI is InChI=1S/C13H16N2O/c1-2-15(13-8-3-4-9-14-13)11-6-5-7-12(16)10-11/h3-4,8-10H,2,5-7H2,1H3. The second-order valence-corrected chi connectivity index (χ2v) is 3.89. The van der Waals surface area contributed by atoms with E-state index in [1.807, 2.05) is 18.2 Å². The number of ketones is 1. The van der Waals surface area contributed by atoms with Gasteiger partial charge in [0.15, 0.2) is 5.78 Å². The van der Waals surface area contributed by atoms with Crippen LogP contribution in [-0.4, -0.2) is 17.3 Å². The number of pyridine rings is 1. The molecular weight excluding hydrogens is 200 g/mol. The first-order chi connectivity index (χ1) is 7.81. The Labute approximate surface area is 95.8 Å². The van der Waals surface area contributed by atoms with Crippen LogP contribution < -0.4 is 4.90 Å². The normalized spacial score (nSPS) is 15.8. The number of carbonyl (C=O) groups excluding carboxylic acids is 1. The van der Waals surface area contributed by atoms with E-state index in [1.165, 1.54) is 0 Å². The molecule has 0 spiro atoms. The Kier molecular flexibility index (Phi) is 3.34. The second-order valence-electron chi connectivity index (χ2n) is 3.89. The summed E-state index contributed by atoms with van der Waals surface area (Å²) in [6.45, 7) is 2.92. The molecule has 1 aliphatic carbocycles. The zero-order valence-electron chi connectivity index (χ0n) is 9.52. The molecule has 3 heteroatoms. The number of anilines is 1. The van der Waals surface area contributed by atoms with Crippen molar-refractivity contribution in [2.75, 3.05) is 11.4 Å². The van der Waals surface area contributed by atoms with E-state index in [4.69, 9.17) is 0 Å². The van der Waals surface area contributed by atoms with Crippen molar-refractivity contribution in [2.45, 2.75) is 26.2 Å². The second kappa shape index (κ2) is 4.92. The van der Waals surface area contributed by atoms with Gasteiger partial charge in [0.1, 0.15) is 5.82 Å². The smallest absolute Gasteiger partial charge is 0.157 e. The Morgan fingerprint density at radius 2 is 2.25 bits per heavy atom. The molecule has 0 N–H and O–H groups in total. The van der Waals surface area contributed by atoms with Crippen LogP contribution in [0.15, 0.2) is 36.2 Å². The Balaban J connectivity index is 2.26. The first-order valence-electron chi connectivity index (χ1n) is 5.73.